The third kappa shape index (κ3) is 3.15. The summed E-state index contributed by atoms with van der Waals surface area (Å²) in [6.45, 7) is 0.0441. The number of rotatable bonds is 4. The van der Waals surface area contributed by atoms with Gasteiger partial charge in [0, 0.05) is 21.9 Å². The number of thioether (sulfide) groups is 1. The van der Waals surface area contributed by atoms with E-state index in [2.05, 4.69) is 6.07 Å². The van der Waals surface area contributed by atoms with Crippen molar-refractivity contribution in [2.24, 2.45) is 0 Å². The first kappa shape index (κ1) is 16.9. The number of hydrogen-bond acceptors (Lipinski definition) is 5. The molecule has 1 heterocycles. The quantitative estimate of drug-likeness (QED) is 0.390. The van der Waals surface area contributed by atoms with Crippen LogP contribution in [-0.2, 0) is 24.2 Å². The fourth-order valence-corrected chi connectivity index (χ4v) is 4.03. The lowest BCUT2D eigenvalue weighted by Crippen LogP contribution is -2.09. The third-order valence-electron chi connectivity index (χ3n) is 4.73. The predicted octanol–water partition coefficient (Wildman–Crippen LogP) is 4.36. The molecular weight excluding hydrogens is 348 g/mol. The Balaban J connectivity index is 1.65. The second-order valence-corrected chi connectivity index (χ2v) is 7.19. The highest BCUT2D eigenvalue weighted by molar-refractivity contribution is 7.98. The molecule has 2 aromatic carbocycles. The highest BCUT2D eigenvalue weighted by Crippen LogP contribution is 2.29. The summed E-state index contributed by atoms with van der Waals surface area (Å²) in [6.07, 6.45) is 5.08. The van der Waals surface area contributed by atoms with E-state index < -0.39 is 11.6 Å². The fourth-order valence-electron chi connectivity index (χ4n) is 3.45. The van der Waals surface area contributed by atoms with Gasteiger partial charge in [0.1, 0.15) is 12.2 Å². The zero-order valence-corrected chi connectivity index (χ0v) is 15.2. The highest BCUT2D eigenvalue weighted by Gasteiger charge is 2.17. The van der Waals surface area contributed by atoms with E-state index >= 15 is 0 Å². The van der Waals surface area contributed by atoms with Gasteiger partial charge in [-0.2, -0.15) is 0 Å². The predicted molar refractivity (Wildman–Crippen MR) is 102 cm³/mol. The lowest BCUT2D eigenvalue weighted by Gasteiger charge is -2.10. The smallest absolute Gasteiger partial charge is 0.339 e. The summed E-state index contributed by atoms with van der Waals surface area (Å²) in [7, 11) is 0. The maximum absolute atomic E-state index is 12.5. The van der Waals surface area contributed by atoms with Gasteiger partial charge < -0.3 is 9.15 Å². The first-order valence-corrected chi connectivity index (χ1v) is 9.77. The molecule has 132 valence electrons. The van der Waals surface area contributed by atoms with Crippen LogP contribution in [-0.4, -0.2) is 12.2 Å². The van der Waals surface area contributed by atoms with Gasteiger partial charge in [0.05, 0.1) is 5.56 Å². The van der Waals surface area contributed by atoms with Crippen LogP contribution in [0, 0.1) is 0 Å². The molecule has 1 aliphatic carbocycles. The Morgan fingerprint density at radius 2 is 1.92 bits per heavy atom. The standard InChI is InChI=1S/C21H18O4S/c1-26-19-8-3-2-7-16(19)21(23)24-12-15-11-20(22)25-18-10-14-6-4-5-13(14)9-17(15)18/h2-3,7-11H,4-6,12H2,1H3. The van der Waals surface area contributed by atoms with Gasteiger partial charge in [-0.1, -0.05) is 12.1 Å². The number of ether oxygens (including phenoxy) is 1. The number of fused-ring (bicyclic) bond motifs is 2. The van der Waals surface area contributed by atoms with Gasteiger partial charge in [-0.25, -0.2) is 9.59 Å². The van der Waals surface area contributed by atoms with Crippen LogP contribution in [0.4, 0.5) is 0 Å². The summed E-state index contributed by atoms with van der Waals surface area (Å²) in [4.78, 5) is 25.2. The van der Waals surface area contributed by atoms with Crippen LogP contribution in [0.3, 0.4) is 0 Å². The minimum absolute atomic E-state index is 0.0441. The maximum atomic E-state index is 12.5. The Bertz CT molecular complexity index is 1050. The number of carbonyl (C=O) groups excluding carboxylic acids is 1. The van der Waals surface area contributed by atoms with E-state index in [1.165, 1.54) is 29.0 Å². The maximum Gasteiger partial charge on any atom is 0.339 e. The van der Waals surface area contributed by atoms with Gasteiger partial charge in [0.15, 0.2) is 0 Å². The molecule has 0 aliphatic heterocycles. The molecule has 0 atom stereocenters. The Kier molecular flexibility index (Phi) is 4.55. The minimum Gasteiger partial charge on any atom is -0.457 e. The Labute approximate surface area is 155 Å². The molecule has 0 saturated carbocycles. The van der Waals surface area contributed by atoms with Crippen LogP contribution in [0.5, 0.6) is 0 Å². The van der Waals surface area contributed by atoms with Gasteiger partial charge in [0.25, 0.3) is 0 Å². The molecular formula is C21H18O4S. The average molecular weight is 366 g/mol. The van der Waals surface area contributed by atoms with Crippen LogP contribution >= 0.6 is 11.8 Å². The molecule has 0 saturated heterocycles. The molecule has 5 heteroatoms. The number of carbonyl (C=O) groups is 1. The van der Waals surface area contributed by atoms with Crippen LogP contribution in [0.25, 0.3) is 11.0 Å². The fraction of sp³-hybridized carbons (Fsp3) is 0.238. The SMILES string of the molecule is CSc1ccccc1C(=O)OCc1cc(=O)oc2cc3c(cc12)CCC3. The number of hydrogen-bond donors (Lipinski definition) is 0. The van der Waals surface area contributed by atoms with Crippen LogP contribution in [0.2, 0.25) is 0 Å². The molecule has 1 aliphatic rings. The van der Waals surface area contributed by atoms with Crippen LogP contribution in [0.15, 0.2) is 56.6 Å². The van der Waals surface area contributed by atoms with Gasteiger partial charge in [-0.3, -0.25) is 0 Å². The Morgan fingerprint density at radius 1 is 1.15 bits per heavy atom. The van der Waals surface area contributed by atoms with E-state index in [9.17, 15) is 9.59 Å². The highest BCUT2D eigenvalue weighted by atomic mass is 32.2. The Hall–Kier alpha value is -2.53. The zero-order chi connectivity index (χ0) is 18.1. The molecule has 4 nitrogen and oxygen atoms in total. The summed E-state index contributed by atoms with van der Waals surface area (Å²) in [5, 5.41) is 0.844. The van der Waals surface area contributed by atoms with E-state index in [1.54, 1.807) is 6.07 Å². The molecule has 0 N–H and O–H groups in total. The van der Waals surface area contributed by atoms with E-state index in [0.29, 0.717) is 16.7 Å². The molecule has 0 bridgehead atoms. The van der Waals surface area contributed by atoms with E-state index in [0.717, 1.165) is 29.5 Å². The molecule has 1 aromatic heterocycles. The monoisotopic (exact) mass is 366 g/mol. The van der Waals surface area contributed by atoms with Crippen molar-refractivity contribution in [3.63, 3.8) is 0 Å². The van der Waals surface area contributed by atoms with Gasteiger partial charge in [-0.05, 0) is 60.9 Å². The summed E-state index contributed by atoms with van der Waals surface area (Å²) in [5.41, 5.74) is 3.88. The summed E-state index contributed by atoms with van der Waals surface area (Å²) in [6, 6.07) is 12.8. The molecule has 0 amide bonds. The Morgan fingerprint density at radius 3 is 2.73 bits per heavy atom. The van der Waals surface area contributed by atoms with E-state index in [1.807, 2.05) is 30.5 Å². The van der Waals surface area contributed by atoms with E-state index in [-0.39, 0.29) is 6.61 Å². The van der Waals surface area contributed by atoms with E-state index in [4.69, 9.17) is 9.15 Å². The molecule has 0 spiro atoms. The molecule has 0 unspecified atom stereocenters. The largest absolute Gasteiger partial charge is 0.457 e. The molecule has 0 fully saturated rings. The second kappa shape index (κ2) is 7.00. The molecule has 4 rings (SSSR count). The second-order valence-electron chi connectivity index (χ2n) is 6.34. The van der Waals surface area contributed by atoms with Crippen molar-refractivity contribution in [3.8, 4) is 0 Å². The first-order valence-electron chi connectivity index (χ1n) is 8.54. The van der Waals surface area contributed by atoms with Gasteiger partial charge >= 0.3 is 11.6 Å². The minimum atomic E-state index is -0.425. The lowest BCUT2D eigenvalue weighted by molar-refractivity contribution is 0.0469. The van der Waals surface area contributed by atoms with Crippen molar-refractivity contribution < 1.29 is 13.9 Å². The van der Waals surface area contributed by atoms with Crippen molar-refractivity contribution in [1.82, 2.24) is 0 Å². The number of benzene rings is 2. The third-order valence-corrected chi connectivity index (χ3v) is 5.52. The normalized spacial score (nSPS) is 13.0. The first-order chi connectivity index (χ1) is 12.7. The number of esters is 1. The summed E-state index contributed by atoms with van der Waals surface area (Å²) < 4.78 is 10.9. The van der Waals surface area contributed by atoms with Crippen molar-refractivity contribution in [1.29, 1.82) is 0 Å². The molecule has 3 aromatic rings. The zero-order valence-electron chi connectivity index (χ0n) is 14.4. The van der Waals surface area contributed by atoms with Gasteiger partial charge in [0.2, 0.25) is 0 Å². The summed E-state index contributed by atoms with van der Waals surface area (Å²) in [5.74, 6) is -0.391. The summed E-state index contributed by atoms with van der Waals surface area (Å²) >= 11 is 1.50. The van der Waals surface area contributed by atoms with Crippen molar-refractivity contribution in [2.75, 3.05) is 6.26 Å². The van der Waals surface area contributed by atoms with Crippen LogP contribution in [0.1, 0.15) is 33.5 Å². The lowest BCUT2D eigenvalue weighted by atomic mass is 10.0. The van der Waals surface area contributed by atoms with Crippen molar-refractivity contribution in [2.45, 2.75) is 30.8 Å². The topological polar surface area (TPSA) is 56.5 Å². The molecule has 26 heavy (non-hydrogen) atoms. The molecule has 0 radical (unpaired) electrons. The number of aryl methyl sites for hydroxylation is 2. The van der Waals surface area contributed by atoms with Crippen molar-refractivity contribution >= 4 is 28.7 Å². The van der Waals surface area contributed by atoms with Crippen molar-refractivity contribution in [3.05, 3.63) is 75.1 Å². The average Bonchev–Trinajstić information content (AvgIpc) is 3.11. The van der Waals surface area contributed by atoms with Crippen LogP contribution < -0.4 is 5.63 Å². The van der Waals surface area contributed by atoms with Gasteiger partial charge in [-0.15, -0.1) is 11.8 Å².